The largest absolute Gasteiger partial charge is 0.673 e. The lowest BCUT2D eigenvalue weighted by Gasteiger charge is -2.25. The lowest BCUT2D eigenvalue weighted by atomic mass is 9.83. The number of nitrogens with zero attached hydrogens (tertiary/aromatic N) is 1. The normalized spacial score (nSPS) is 13.1. The Hall–Kier alpha value is -3.41. The third-order valence-corrected chi connectivity index (χ3v) is 7.13. The topological polar surface area (TPSA) is 3.88 Å². The highest BCUT2D eigenvalue weighted by molar-refractivity contribution is 6.50. The van der Waals surface area contributed by atoms with Gasteiger partial charge in [0.1, 0.15) is 0 Å². The minimum Gasteiger partial charge on any atom is -0.418 e. The van der Waals surface area contributed by atoms with Crippen molar-refractivity contribution in [2.75, 3.05) is 0 Å². The van der Waals surface area contributed by atoms with Gasteiger partial charge in [-0.2, -0.15) is 4.57 Å². The monoisotopic (exact) mass is 519 g/mol. The van der Waals surface area contributed by atoms with E-state index in [9.17, 15) is 17.3 Å². The van der Waals surface area contributed by atoms with Gasteiger partial charge in [-0.3, -0.25) is 0 Å². The van der Waals surface area contributed by atoms with E-state index in [-0.39, 0.29) is 0 Å². The van der Waals surface area contributed by atoms with Gasteiger partial charge in [-0.1, -0.05) is 86.5 Å². The van der Waals surface area contributed by atoms with Crippen molar-refractivity contribution in [3.8, 4) is 33.6 Å². The van der Waals surface area contributed by atoms with Gasteiger partial charge < -0.3 is 17.3 Å². The van der Waals surface area contributed by atoms with Crippen molar-refractivity contribution >= 4 is 7.25 Å². The maximum atomic E-state index is 9.75. The van der Waals surface area contributed by atoms with Crippen LogP contribution in [0.4, 0.5) is 17.3 Å². The summed E-state index contributed by atoms with van der Waals surface area (Å²) < 4.78 is 41.7. The molecule has 0 radical (unpaired) electrons. The fourth-order valence-corrected chi connectivity index (χ4v) is 5.44. The van der Waals surface area contributed by atoms with Crippen LogP contribution in [-0.2, 0) is 12.8 Å². The van der Waals surface area contributed by atoms with E-state index >= 15 is 0 Å². The molecule has 0 N–H and O–H groups in total. The zero-order valence-electron chi connectivity index (χ0n) is 22.0. The highest BCUT2D eigenvalue weighted by Gasteiger charge is 2.34. The molecule has 0 aliphatic heterocycles. The average Bonchev–Trinajstić information content (AvgIpc) is 2.92. The fraction of sp³-hybridized carbons (Fsp3) is 0.281. The highest BCUT2D eigenvalue weighted by atomic mass is 19.5. The van der Waals surface area contributed by atoms with Crippen LogP contribution in [0.15, 0.2) is 91.0 Å². The maximum absolute atomic E-state index is 9.75. The van der Waals surface area contributed by atoms with Crippen LogP contribution < -0.4 is 4.57 Å². The van der Waals surface area contributed by atoms with Crippen LogP contribution >= 0.6 is 0 Å². The molecule has 1 aliphatic rings. The molecule has 3 aromatic carbocycles. The van der Waals surface area contributed by atoms with Gasteiger partial charge >= 0.3 is 7.25 Å². The number of benzene rings is 3. The fourth-order valence-electron chi connectivity index (χ4n) is 5.44. The van der Waals surface area contributed by atoms with Gasteiger partial charge in [0.05, 0.1) is 0 Å². The van der Waals surface area contributed by atoms with Crippen molar-refractivity contribution in [2.24, 2.45) is 0 Å². The molecule has 0 saturated carbocycles. The molecule has 1 aliphatic carbocycles. The second-order valence-corrected chi connectivity index (χ2v) is 9.87. The van der Waals surface area contributed by atoms with Gasteiger partial charge in [-0.05, 0) is 61.1 Å². The van der Waals surface area contributed by atoms with Crippen LogP contribution in [0.5, 0.6) is 0 Å². The molecule has 4 aromatic rings. The molecule has 0 spiro atoms. The Kier molecular flexibility index (Phi) is 9.03. The number of unbranched alkanes of at least 4 members (excludes halogenated alkanes) is 2. The number of rotatable bonds is 7. The van der Waals surface area contributed by atoms with Crippen LogP contribution in [0, 0.1) is 0 Å². The maximum Gasteiger partial charge on any atom is 0.673 e. The highest BCUT2D eigenvalue weighted by Crippen LogP contribution is 2.40. The molecule has 0 saturated heterocycles. The van der Waals surface area contributed by atoms with E-state index in [1.165, 1.54) is 70.5 Å². The summed E-state index contributed by atoms with van der Waals surface area (Å²) >= 11 is 0. The molecule has 1 unspecified atom stereocenters. The van der Waals surface area contributed by atoms with E-state index in [4.69, 9.17) is 0 Å². The smallest absolute Gasteiger partial charge is 0.418 e. The second kappa shape index (κ2) is 12.4. The van der Waals surface area contributed by atoms with Crippen LogP contribution in [-0.4, -0.2) is 7.25 Å². The van der Waals surface area contributed by atoms with Crippen LogP contribution in [0.2, 0.25) is 0 Å². The SMILES string of the molecule is CCCCCC(C)[n+]1c(-c2ccccc2)cc(-c2ccccc2)c2c1-c1ccccc1CC2.F[B-](F)(F)F. The summed E-state index contributed by atoms with van der Waals surface area (Å²) in [5.74, 6) is 0. The molecule has 0 bridgehead atoms. The first kappa shape index (κ1) is 27.6. The van der Waals surface area contributed by atoms with Crippen molar-refractivity contribution in [3.63, 3.8) is 0 Å². The van der Waals surface area contributed by atoms with E-state index in [2.05, 4.69) is 109 Å². The van der Waals surface area contributed by atoms with Crippen molar-refractivity contribution in [1.82, 2.24) is 0 Å². The van der Waals surface area contributed by atoms with Crippen molar-refractivity contribution < 1.29 is 21.8 Å². The number of halogens is 4. The first-order valence-corrected chi connectivity index (χ1v) is 13.5. The van der Waals surface area contributed by atoms with Crippen molar-refractivity contribution in [1.29, 1.82) is 0 Å². The summed E-state index contributed by atoms with van der Waals surface area (Å²) in [5.41, 5.74) is 11.1. The second-order valence-electron chi connectivity index (χ2n) is 9.87. The molecular weight excluding hydrogens is 485 g/mol. The predicted octanol–water partition coefficient (Wildman–Crippen LogP) is 9.52. The zero-order chi connectivity index (χ0) is 27.1. The lowest BCUT2D eigenvalue weighted by molar-refractivity contribution is -0.700. The van der Waals surface area contributed by atoms with Gasteiger partial charge in [-0.25, -0.2) is 0 Å². The Morgan fingerprint density at radius 1 is 0.737 bits per heavy atom. The summed E-state index contributed by atoms with van der Waals surface area (Å²) in [4.78, 5) is 0. The predicted molar refractivity (Wildman–Crippen MR) is 149 cm³/mol. The van der Waals surface area contributed by atoms with E-state index in [1.54, 1.807) is 0 Å². The molecule has 5 rings (SSSR count). The third-order valence-electron chi connectivity index (χ3n) is 7.13. The molecule has 1 aromatic heterocycles. The Morgan fingerprint density at radius 3 is 1.95 bits per heavy atom. The van der Waals surface area contributed by atoms with Gasteiger partial charge in [0.2, 0.25) is 11.4 Å². The van der Waals surface area contributed by atoms with Crippen molar-refractivity contribution in [2.45, 2.75) is 58.4 Å². The summed E-state index contributed by atoms with van der Waals surface area (Å²) in [5, 5.41) is 0. The summed E-state index contributed by atoms with van der Waals surface area (Å²) in [6.07, 6.45) is 7.24. The molecule has 6 heteroatoms. The summed E-state index contributed by atoms with van der Waals surface area (Å²) in [7, 11) is -6.00. The molecule has 38 heavy (non-hydrogen) atoms. The average molecular weight is 519 g/mol. The zero-order valence-corrected chi connectivity index (χ0v) is 22.0. The molecule has 1 atom stereocenters. The van der Waals surface area contributed by atoms with E-state index in [0.717, 1.165) is 12.8 Å². The Labute approximate surface area is 223 Å². The Balaban J connectivity index is 0.000000617. The number of pyridine rings is 1. The number of hydrogen-bond donors (Lipinski definition) is 0. The molecule has 198 valence electrons. The lowest BCUT2D eigenvalue weighted by Crippen LogP contribution is -2.44. The van der Waals surface area contributed by atoms with E-state index < -0.39 is 7.25 Å². The van der Waals surface area contributed by atoms with E-state index in [1.807, 2.05) is 0 Å². The van der Waals surface area contributed by atoms with Crippen LogP contribution in [0.1, 0.15) is 56.7 Å². The molecule has 1 heterocycles. The number of aromatic nitrogens is 1. The van der Waals surface area contributed by atoms with Gasteiger partial charge in [0.15, 0.2) is 6.04 Å². The Morgan fingerprint density at radius 2 is 1.32 bits per heavy atom. The first-order chi connectivity index (χ1) is 18.3. The van der Waals surface area contributed by atoms with Crippen LogP contribution in [0.25, 0.3) is 33.6 Å². The van der Waals surface area contributed by atoms with E-state index in [0.29, 0.717) is 6.04 Å². The Bertz CT molecular complexity index is 1330. The van der Waals surface area contributed by atoms with Gasteiger partial charge in [-0.15, -0.1) is 0 Å². The number of hydrogen-bond acceptors (Lipinski definition) is 0. The minimum absolute atomic E-state index is 0.441. The number of aryl methyl sites for hydroxylation is 1. The third kappa shape index (κ3) is 6.72. The molecule has 1 nitrogen and oxygen atoms in total. The van der Waals surface area contributed by atoms with Crippen LogP contribution in [0.3, 0.4) is 0 Å². The molecule has 0 fully saturated rings. The summed E-state index contributed by atoms with van der Waals surface area (Å²) in [6, 6.07) is 33.9. The summed E-state index contributed by atoms with van der Waals surface area (Å²) in [6.45, 7) is 4.71. The standard InChI is InChI=1S/C32H34N.BF4/c1-3-4-7-14-24(2)33-31(27-18-10-6-11-19-27)23-30(25-15-8-5-9-16-25)29-22-21-26-17-12-13-20-28(26)32(29)33;2-1(3,4)5/h5-6,8-13,15-20,23-24H,3-4,7,14,21-22H2,1-2H3;/q+1;-1. The molecule has 0 amide bonds. The minimum atomic E-state index is -6.00. The van der Waals surface area contributed by atoms with Gasteiger partial charge in [0.25, 0.3) is 0 Å². The quantitative estimate of drug-likeness (QED) is 0.0991. The van der Waals surface area contributed by atoms with Gasteiger partial charge in [0, 0.05) is 29.2 Å². The molecular formula is C32H34BF4N. The van der Waals surface area contributed by atoms with Crippen molar-refractivity contribution in [3.05, 3.63) is 102 Å². The number of fused-ring (bicyclic) bond motifs is 3. The first-order valence-electron chi connectivity index (χ1n) is 13.5.